The van der Waals surface area contributed by atoms with Gasteiger partial charge < -0.3 is 10.1 Å². The van der Waals surface area contributed by atoms with E-state index in [0.29, 0.717) is 12.1 Å². The van der Waals surface area contributed by atoms with Gasteiger partial charge in [0.1, 0.15) is 0 Å². The summed E-state index contributed by atoms with van der Waals surface area (Å²) >= 11 is 0. The van der Waals surface area contributed by atoms with Crippen molar-refractivity contribution in [1.82, 2.24) is 10.2 Å². The molecule has 1 aliphatic heterocycles. The van der Waals surface area contributed by atoms with Gasteiger partial charge >= 0.3 is 0 Å². The summed E-state index contributed by atoms with van der Waals surface area (Å²) in [7, 11) is 0. The maximum Gasteiger partial charge on any atom is 0.0826 e. The van der Waals surface area contributed by atoms with E-state index in [1.54, 1.807) is 0 Å². The summed E-state index contributed by atoms with van der Waals surface area (Å²) < 4.78 is 5.84. The van der Waals surface area contributed by atoms with Crippen LogP contribution in [0, 0.1) is 11.8 Å². The highest BCUT2D eigenvalue weighted by atomic mass is 16.5. The molecule has 0 amide bonds. The highest BCUT2D eigenvalue weighted by Gasteiger charge is 2.24. The number of hydrogen-bond acceptors (Lipinski definition) is 3. The number of nitrogens with zero attached hydrogens (tertiary/aromatic N) is 1. The van der Waals surface area contributed by atoms with Crippen LogP contribution in [0.25, 0.3) is 0 Å². The molecule has 106 valence electrons. The fraction of sp³-hybridized carbons (Fsp3) is 1.00. The van der Waals surface area contributed by atoms with Crippen LogP contribution in [0.15, 0.2) is 0 Å². The SMILES string of the molecule is CC1CCC(CNCC2CN(C(C)C)CCO2)C1. The van der Waals surface area contributed by atoms with Crippen molar-refractivity contribution in [2.24, 2.45) is 11.8 Å². The first-order valence-electron chi connectivity index (χ1n) is 7.71. The van der Waals surface area contributed by atoms with E-state index in [0.717, 1.165) is 38.1 Å². The Labute approximate surface area is 112 Å². The Morgan fingerprint density at radius 3 is 2.78 bits per heavy atom. The predicted octanol–water partition coefficient (Wildman–Crippen LogP) is 2.12. The Morgan fingerprint density at radius 1 is 1.28 bits per heavy atom. The van der Waals surface area contributed by atoms with Crippen LogP contribution in [0.2, 0.25) is 0 Å². The Morgan fingerprint density at radius 2 is 2.11 bits per heavy atom. The summed E-state index contributed by atoms with van der Waals surface area (Å²) in [6.07, 6.45) is 4.64. The monoisotopic (exact) mass is 254 g/mol. The second-order valence-corrected chi connectivity index (χ2v) is 6.52. The van der Waals surface area contributed by atoms with Gasteiger partial charge in [0, 0.05) is 25.7 Å². The zero-order valence-corrected chi connectivity index (χ0v) is 12.3. The van der Waals surface area contributed by atoms with Gasteiger partial charge in [-0.05, 0) is 45.1 Å². The highest BCUT2D eigenvalue weighted by molar-refractivity contribution is 4.78. The third kappa shape index (κ3) is 4.22. The van der Waals surface area contributed by atoms with E-state index in [1.165, 1.54) is 25.8 Å². The van der Waals surface area contributed by atoms with Crippen LogP contribution in [0.4, 0.5) is 0 Å². The third-order valence-electron chi connectivity index (χ3n) is 4.51. The van der Waals surface area contributed by atoms with E-state index >= 15 is 0 Å². The molecule has 1 saturated heterocycles. The lowest BCUT2D eigenvalue weighted by Crippen LogP contribution is -2.49. The molecule has 1 N–H and O–H groups in total. The van der Waals surface area contributed by atoms with Gasteiger partial charge in [-0.25, -0.2) is 0 Å². The first kappa shape index (κ1) is 14.3. The summed E-state index contributed by atoms with van der Waals surface area (Å²) in [5.74, 6) is 1.85. The minimum absolute atomic E-state index is 0.389. The first-order valence-corrected chi connectivity index (χ1v) is 7.71. The second-order valence-electron chi connectivity index (χ2n) is 6.52. The molecule has 0 aromatic rings. The molecule has 0 aromatic heterocycles. The van der Waals surface area contributed by atoms with E-state index in [-0.39, 0.29) is 0 Å². The molecule has 3 atom stereocenters. The van der Waals surface area contributed by atoms with Gasteiger partial charge in [0.15, 0.2) is 0 Å². The standard InChI is InChI=1S/C15H30N2O/c1-12(2)17-6-7-18-15(11-17)10-16-9-14-5-4-13(3)8-14/h12-16H,4-11H2,1-3H3. The number of nitrogens with one attached hydrogen (secondary N) is 1. The molecule has 0 aromatic carbocycles. The summed E-state index contributed by atoms with van der Waals surface area (Å²) in [6.45, 7) is 12.2. The van der Waals surface area contributed by atoms with Crippen molar-refractivity contribution >= 4 is 0 Å². The Hall–Kier alpha value is -0.120. The van der Waals surface area contributed by atoms with Crippen molar-refractivity contribution in [3.05, 3.63) is 0 Å². The summed E-state index contributed by atoms with van der Waals surface area (Å²) in [5.41, 5.74) is 0. The van der Waals surface area contributed by atoms with Crippen LogP contribution >= 0.6 is 0 Å². The number of rotatable bonds is 5. The van der Waals surface area contributed by atoms with E-state index in [2.05, 4.69) is 31.0 Å². The first-order chi connectivity index (χ1) is 8.65. The molecule has 0 radical (unpaired) electrons. The number of ether oxygens (including phenoxy) is 1. The van der Waals surface area contributed by atoms with E-state index in [9.17, 15) is 0 Å². The van der Waals surface area contributed by atoms with Crippen LogP contribution in [0.1, 0.15) is 40.0 Å². The second kappa shape index (κ2) is 6.88. The molecular formula is C15H30N2O. The minimum Gasteiger partial charge on any atom is -0.374 e. The molecule has 1 heterocycles. The van der Waals surface area contributed by atoms with Crippen LogP contribution < -0.4 is 5.32 Å². The molecular weight excluding hydrogens is 224 g/mol. The molecule has 2 rings (SSSR count). The Bertz CT molecular complexity index is 245. The van der Waals surface area contributed by atoms with Crippen molar-refractivity contribution < 1.29 is 4.74 Å². The van der Waals surface area contributed by atoms with Crippen molar-refractivity contribution in [1.29, 1.82) is 0 Å². The molecule has 0 bridgehead atoms. The van der Waals surface area contributed by atoms with E-state index < -0.39 is 0 Å². The van der Waals surface area contributed by atoms with Gasteiger partial charge in [-0.1, -0.05) is 13.3 Å². The van der Waals surface area contributed by atoms with Crippen LogP contribution in [0.5, 0.6) is 0 Å². The Balaban J connectivity index is 1.61. The number of hydrogen-bond donors (Lipinski definition) is 1. The average molecular weight is 254 g/mol. The highest BCUT2D eigenvalue weighted by Crippen LogP contribution is 2.29. The fourth-order valence-corrected chi connectivity index (χ4v) is 3.29. The molecule has 1 saturated carbocycles. The maximum absolute atomic E-state index is 5.84. The van der Waals surface area contributed by atoms with Gasteiger partial charge in [-0.15, -0.1) is 0 Å². The van der Waals surface area contributed by atoms with Crippen molar-refractivity contribution in [3.8, 4) is 0 Å². The van der Waals surface area contributed by atoms with Crippen LogP contribution in [-0.4, -0.2) is 49.8 Å². The molecule has 3 nitrogen and oxygen atoms in total. The zero-order chi connectivity index (χ0) is 13.0. The average Bonchev–Trinajstić information content (AvgIpc) is 2.75. The third-order valence-corrected chi connectivity index (χ3v) is 4.51. The fourth-order valence-electron chi connectivity index (χ4n) is 3.29. The van der Waals surface area contributed by atoms with Crippen molar-refractivity contribution in [3.63, 3.8) is 0 Å². The topological polar surface area (TPSA) is 24.5 Å². The lowest BCUT2D eigenvalue weighted by Gasteiger charge is -2.35. The molecule has 18 heavy (non-hydrogen) atoms. The summed E-state index contributed by atoms with van der Waals surface area (Å²) in [6, 6.07) is 0.645. The molecule has 3 unspecified atom stereocenters. The van der Waals surface area contributed by atoms with Gasteiger partial charge in [0.05, 0.1) is 12.7 Å². The van der Waals surface area contributed by atoms with Crippen LogP contribution in [0.3, 0.4) is 0 Å². The minimum atomic E-state index is 0.389. The van der Waals surface area contributed by atoms with Gasteiger partial charge in [-0.2, -0.15) is 0 Å². The molecule has 1 aliphatic carbocycles. The predicted molar refractivity (Wildman–Crippen MR) is 75.8 cm³/mol. The van der Waals surface area contributed by atoms with E-state index in [1.807, 2.05) is 0 Å². The largest absolute Gasteiger partial charge is 0.374 e. The van der Waals surface area contributed by atoms with Crippen molar-refractivity contribution in [2.75, 3.05) is 32.8 Å². The zero-order valence-electron chi connectivity index (χ0n) is 12.3. The quantitative estimate of drug-likeness (QED) is 0.813. The smallest absolute Gasteiger partial charge is 0.0826 e. The van der Waals surface area contributed by atoms with Gasteiger partial charge in [-0.3, -0.25) is 4.90 Å². The Kier molecular flexibility index (Phi) is 5.46. The summed E-state index contributed by atoms with van der Waals surface area (Å²) in [4.78, 5) is 2.52. The van der Waals surface area contributed by atoms with Crippen molar-refractivity contribution in [2.45, 2.75) is 52.2 Å². The number of morpholine rings is 1. The van der Waals surface area contributed by atoms with Crippen LogP contribution in [-0.2, 0) is 4.74 Å². The lowest BCUT2D eigenvalue weighted by molar-refractivity contribution is -0.0373. The molecule has 2 aliphatic rings. The maximum atomic E-state index is 5.84. The van der Waals surface area contributed by atoms with E-state index in [4.69, 9.17) is 4.74 Å². The molecule has 2 fully saturated rings. The molecule has 0 spiro atoms. The summed E-state index contributed by atoms with van der Waals surface area (Å²) in [5, 5.41) is 3.63. The molecule has 3 heteroatoms. The normalized spacial score (nSPS) is 34.3. The lowest BCUT2D eigenvalue weighted by atomic mass is 10.1. The van der Waals surface area contributed by atoms with Gasteiger partial charge in [0.2, 0.25) is 0 Å². The van der Waals surface area contributed by atoms with Gasteiger partial charge in [0.25, 0.3) is 0 Å².